The van der Waals surface area contributed by atoms with Crippen LogP contribution in [0.4, 0.5) is 0 Å². The number of aromatic nitrogens is 4. The maximum Gasteiger partial charge on any atom is 0.329 e. The van der Waals surface area contributed by atoms with Crippen LogP contribution in [0.1, 0.15) is 0 Å². The first-order valence-electron chi connectivity index (χ1n) is 5.09. The van der Waals surface area contributed by atoms with Gasteiger partial charge in [-0.2, -0.15) is 4.98 Å². The minimum atomic E-state index is -0.516. The van der Waals surface area contributed by atoms with Crippen molar-refractivity contribution in [2.45, 2.75) is 12.6 Å². The predicted octanol–water partition coefficient (Wildman–Crippen LogP) is -1.82. The predicted molar refractivity (Wildman–Crippen MR) is 57.1 cm³/mol. The summed E-state index contributed by atoms with van der Waals surface area (Å²) in [6.07, 6.45) is -0.390. The smallest absolute Gasteiger partial charge is 0.329 e. The maximum atomic E-state index is 11.7. The van der Waals surface area contributed by atoms with E-state index in [1.165, 1.54) is 11.6 Å². The van der Waals surface area contributed by atoms with Gasteiger partial charge in [0, 0.05) is 7.05 Å². The molecule has 8 nitrogen and oxygen atoms in total. The summed E-state index contributed by atoms with van der Waals surface area (Å²) in [6, 6.07) is 0.255. The molecule has 0 bridgehead atoms. The number of rotatable bonds is 1. The molecule has 2 aromatic heterocycles. The van der Waals surface area contributed by atoms with E-state index >= 15 is 0 Å². The summed E-state index contributed by atoms with van der Waals surface area (Å²) < 4.78 is 8.14. The van der Waals surface area contributed by atoms with Crippen molar-refractivity contribution in [3.05, 3.63) is 20.8 Å². The Kier molecular flexibility index (Phi) is 1.90. The summed E-state index contributed by atoms with van der Waals surface area (Å²) in [6.45, 7) is 0.206. The van der Waals surface area contributed by atoms with Crippen molar-refractivity contribution >= 4 is 11.2 Å². The van der Waals surface area contributed by atoms with Crippen LogP contribution in [0, 0.1) is 0 Å². The molecule has 0 radical (unpaired) electrons. The first kappa shape index (κ1) is 10.1. The molecule has 2 aromatic rings. The summed E-state index contributed by atoms with van der Waals surface area (Å²) in [5, 5.41) is 8.99. The SMILES string of the molecule is Cn1c(=O)[nH]c(=O)c2c1nc1n2C[C@@H](CO)O1. The molecule has 0 unspecified atom stereocenters. The van der Waals surface area contributed by atoms with E-state index in [9.17, 15) is 9.59 Å². The Labute approximate surface area is 94.1 Å². The molecule has 0 spiro atoms. The average Bonchev–Trinajstić information content (AvgIpc) is 2.81. The van der Waals surface area contributed by atoms with Crippen LogP contribution < -0.4 is 16.0 Å². The van der Waals surface area contributed by atoms with Gasteiger partial charge in [0.2, 0.25) is 0 Å². The minimum Gasteiger partial charge on any atom is -0.457 e. The Morgan fingerprint density at radius 2 is 2.35 bits per heavy atom. The molecule has 0 saturated carbocycles. The molecule has 1 aliphatic rings. The lowest BCUT2D eigenvalue weighted by Crippen LogP contribution is -2.30. The third-order valence-corrected chi connectivity index (χ3v) is 2.83. The fourth-order valence-electron chi connectivity index (χ4n) is 1.96. The largest absolute Gasteiger partial charge is 0.457 e. The lowest BCUT2D eigenvalue weighted by atomic mass is 10.4. The van der Waals surface area contributed by atoms with Crippen molar-refractivity contribution in [2.75, 3.05) is 6.61 Å². The lowest BCUT2D eigenvalue weighted by Gasteiger charge is -2.04. The molecular weight excluding hydrogens is 228 g/mol. The van der Waals surface area contributed by atoms with Gasteiger partial charge in [0.1, 0.15) is 6.10 Å². The first-order chi connectivity index (χ1) is 8.11. The number of aromatic amines is 1. The zero-order valence-electron chi connectivity index (χ0n) is 9.01. The molecule has 17 heavy (non-hydrogen) atoms. The summed E-state index contributed by atoms with van der Waals surface area (Å²) in [5.74, 6) is 0. The van der Waals surface area contributed by atoms with Crippen molar-refractivity contribution in [3.63, 3.8) is 0 Å². The fraction of sp³-hybridized carbons (Fsp3) is 0.444. The van der Waals surface area contributed by atoms with Crippen molar-refractivity contribution in [2.24, 2.45) is 7.05 Å². The summed E-state index contributed by atoms with van der Waals surface area (Å²) in [7, 11) is 1.52. The third kappa shape index (κ3) is 1.24. The number of aliphatic hydroxyl groups excluding tert-OH is 1. The molecule has 3 rings (SSSR count). The topological polar surface area (TPSA) is 102 Å². The minimum absolute atomic E-state index is 0.144. The van der Waals surface area contributed by atoms with Crippen LogP contribution in [0.2, 0.25) is 0 Å². The molecule has 2 N–H and O–H groups in total. The van der Waals surface area contributed by atoms with Crippen molar-refractivity contribution < 1.29 is 9.84 Å². The van der Waals surface area contributed by atoms with E-state index in [0.29, 0.717) is 6.54 Å². The third-order valence-electron chi connectivity index (χ3n) is 2.83. The molecule has 0 aromatic carbocycles. The van der Waals surface area contributed by atoms with Crippen LogP contribution in [-0.2, 0) is 13.6 Å². The Morgan fingerprint density at radius 1 is 1.59 bits per heavy atom. The van der Waals surface area contributed by atoms with Crippen LogP contribution in [0.5, 0.6) is 6.01 Å². The van der Waals surface area contributed by atoms with Gasteiger partial charge in [0.25, 0.3) is 11.6 Å². The molecule has 3 heterocycles. The Morgan fingerprint density at radius 3 is 3.06 bits per heavy atom. The molecule has 0 fully saturated rings. The Balaban J connectivity index is 2.35. The Bertz CT molecular complexity index is 710. The Hall–Kier alpha value is -2.09. The number of aryl methyl sites for hydroxylation is 1. The van der Waals surface area contributed by atoms with Gasteiger partial charge < -0.3 is 9.84 Å². The van der Waals surface area contributed by atoms with Gasteiger partial charge in [-0.1, -0.05) is 0 Å². The second-order valence-electron chi connectivity index (χ2n) is 3.92. The number of H-pyrrole nitrogens is 1. The number of fused-ring (bicyclic) bond motifs is 3. The van der Waals surface area contributed by atoms with Crippen LogP contribution >= 0.6 is 0 Å². The first-order valence-corrected chi connectivity index (χ1v) is 5.09. The average molecular weight is 238 g/mol. The van der Waals surface area contributed by atoms with Gasteiger partial charge in [0.15, 0.2) is 11.2 Å². The summed E-state index contributed by atoms with van der Waals surface area (Å²) >= 11 is 0. The van der Waals surface area contributed by atoms with Crippen LogP contribution in [0.3, 0.4) is 0 Å². The number of hydrogen-bond donors (Lipinski definition) is 2. The highest BCUT2D eigenvalue weighted by molar-refractivity contribution is 5.72. The van der Waals surface area contributed by atoms with Crippen LogP contribution in [0.25, 0.3) is 11.2 Å². The summed E-state index contributed by atoms with van der Waals surface area (Å²) in [5.41, 5.74) is -0.440. The molecule has 1 aliphatic heterocycles. The fourth-order valence-corrected chi connectivity index (χ4v) is 1.96. The molecule has 0 aliphatic carbocycles. The number of hydrogen-bond acceptors (Lipinski definition) is 5. The van der Waals surface area contributed by atoms with E-state index in [1.54, 1.807) is 4.57 Å². The van der Waals surface area contributed by atoms with E-state index in [4.69, 9.17) is 9.84 Å². The van der Waals surface area contributed by atoms with E-state index in [2.05, 4.69) is 9.97 Å². The van der Waals surface area contributed by atoms with Gasteiger partial charge in [-0.05, 0) is 0 Å². The highest BCUT2D eigenvalue weighted by Gasteiger charge is 2.28. The van der Waals surface area contributed by atoms with E-state index in [-0.39, 0.29) is 23.8 Å². The molecular formula is C9H10N4O4. The second-order valence-corrected chi connectivity index (χ2v) is 3.92. The van der Waals surface area contributed by atoms with E-state index in [1.807, 2.05) is 0 Å². The second kappa shape index (κ2) is 3.20. The highest BCUT2D eigenvalue weighted by atomic mass is 16.5. The molecule has 1 atom stereocenters. The molecule has 0 amide bonds. The molecule has 90 valence electrons. The number of imidazole rings is 1. The number of nitrogens with zero attached hydrogens (tertiary/aromatic N) is 3. The normalized spacial score (nSPS) is 18.4. The lowest BCUT2D eigenvalue weighted by molar-refractivity contribution is 0.130. The van der Waals surface area contributed by atoms with E-state index < -0.39 is 17.4 Å². The number of ether oxygens (including phenoxy) is 1. The standard InChI is InChI=1S/C9H10N4O4/c1-12-6-5(7(15)11-8(12)16)13-2-4(3-14)17-9(13)10-6/h4,14H,2-3H2,1H3,(H,11,15,16)/t4-/m0/s1. The van der Waals surface area contributed by atoms with Crippen LogP contribution in [-0.4, -0.2) is 36.9 Å². The van der Waals surface area contributed by atoms with Crippen molar-refractivity contribution in [1.29, 1.82) is 0 Å². The zero-order valence-corrected chi connectivity index (χ0v) is 9.01. The monoisotopic (exact) mass is 238 g/mol. The summed E-state index contributed by atoms with van der Waals surface area (Å²) in [4.78, 5) is 29.4. The quantitative estimate of drug-likeness (QED) is 0.608. The highest BCUT2D eigenvalue weighted by Crippen LogP contribution is 2.24. The molecule has 0 saturated heterocycles. The van der Waals surface area contributed by atoms with E-state index in [0.717, 1.165) is 0 Å². The van der Waals surface area contributed by atoms with Gasteiger partial charge >= 0.3 is 5.69 Å². The van der Waals surface area contributed by atoms with Gasteiger partial charge in [-0.15, -0.1) is 0 Å². The van der Waals surface area contributed by atoms with Crippen molar-refractivity contribution in [1.82, 2.24) is 19.1 Å². The van der Waals surface area contributed by atoms with Crippen molar-refractivity contribution in [3.8, 4) is 6.01 Å². The van der Waals surface area contributed by atoms with Gasteiger partial charge in [-0.3, -0.25) is 18.9 Å². The van der Waals surface area contributed by atoms with Gasteiger partial charge in [-0.25, -0.2) is 4.79 Å². The number of aliphatic hydroxyl groups is 1. The van der Waals surface area contributed by atoms with Gasteiger partial charge in [0.05, 0.1) is 13.2 Å². The number of nitrogens with one attached hydrogen (secondary N) is 1. The zero-order chi connectivity index (χ0) is 12.2. The van der Waals surface area contributed by atoms with Crippen LogP contribution in [0.15, 0.2) is 9.59 Å². The maximum absolute atomic E-state index is 11.7. The molecule has 8 heteroatoms.